The predicted octanol–water partition coefficient (Wildman–Crippen LogP) is 3.54. The molecule has 140 valence electrons. The molecular formula is C18H17BrN4O2S2. The van der Waals surface area contributed by atoms with Crippen LogP contribution in [-0.2, 0) is 10.0 Å². The van der Waals surface area contributed by atoms with Crippen molar-refractivity contribution < 1.29 is 8.42 Å². The van der Waals surface area contributed by atoms with Crippen molar-refractivity contribution in [1.29, 1.82) is 0 Å². The molecule has 4 rings (SSSR count). The smallest absolute Gasteiger partial charge is 0.238 e. The molecule has 1 aliphatic heterocycles. The van der Waals surface area contributed by atoms with Gasteiger partial charge in [-0.1, -0.05) is 15.9 Å². The number of thiophene rings is 1. The Hall–Kier alpha value is -1.91. The zero-order valence-corrected chi connectivity index (χ0v) is 17.5. The Morgan fingerprint density at radius 2 is 1.96 bits per heavy atom. The average molecular weight is 465 g/mol. The standard InChI is InChI=1S/C18H17BrN4O2S2/c1-23-18(21-12-3-5-13(6-4-12)27(20,24)25)9-16(22-23)15-10-26-17-7-2-11(19)8-14(15)17/h2-10,18,21-22H,1H3,(H2,20,24,25). The molecule has 3 aromatic rings. The van der Waals surface area contributed by atoms with Crippen molar-refractivity contribution in [3.8, 4) is 0 Å². The number of likely N-dealkylation sites (N-methyl/N-ethyl adjacent to an activating group) is 1. The van der Waals surface area contributed by atoms with Crippen molar-refractivity contribution in [2.45, 2.75) is 11.1 Å². The van der Waals surface area contributed by atoms with Gasteiger partial charge in [0.25, 0.3) is 0 Å². The quantitative estimate of drug-likeness (QED) is 0.549. The topological polar surface area (TPSA) is 87.5 Å². The van der Waals surface area contributed by atoms with Crippen LogP contribution >= 0.6 is 27.3 Å². The molecule has 0 aliphatic carbocycles. The number of rotatable bonds is 4. The summed E-state index contributed by atoms with van der Waals surface area (Å²) in [5, 5.41) is 13.8. The number of benzene rings is 2. The summed E-state index contributed by atoms with van der Waals surface area (Å²) in [5.41, 5.74) is 6.36. The molecule has 0 radical (unpaired) electrons. The lowest BCUT2D eigenvalue weighted by Gasteiger charge is -2.22. The van der Waals surface area contributed by atoms with Gasteiger partial charge >= 0.3 is 0 Å². The Morgan fingerprint density at radius 3 is 2.67 bits per heavy atom. The van der Waals surface area contributed by atoms with Crippen molar-refractivity contribution in [1.82, 2.24) is 10.4 Å². The summed E-state index contributed by atoms with van der Waals surface area (Å²) in [6.07, 6.45) is 2.03. The third-order valence-corrected chi connectivity index (χ3v) is 6.75. The molecule has 4 N–H and O–H groups in total. The molecule has 1 aliphatic rings. The summed E-state index contributed by atoms with van der Waals surface area (Å²) in [6, 6.07) is 12.7. The molecule has 0 amide bonds. The van der Waals surface area contributed by atoms with Crippen LogP contribution in [0.3, 0.4) is 0 Å². The summed E-state index contributed by atoms with van der Waals surface area (Å²) in [4.78, 5) is 0.0949. The lowest BCUT2D eigenvalue weighted by Crippen LogP contribution is -2.39. The summed E-state index contributed by atoms with van der Waals surface area (Å²) < 4.78 is 25.0. The molecular weight excluding hydrogens is 448 g/mol. The highest BCUT2D eigenvalue weighted by Crippen LogP contribution is 2.34. The molecule has 0 saturated carbocycles. The first-order valence-corrected chi connectivity index (χ1v) is 11.3. The van der Waals surface area contributed by atoms with Gasteiger partial charge in [-0.25, -0.2) is 18.6 Å². The first-order valence-electron chi connectivity index (χ1n) is 8.09. The molecule has 1 atom stereocenters. The highest BCUT2D eigenvalue weighted by Gasteiger charge is 2.23. The second-order valence-electron chi connectivity index (χ2n) is 6.25. The molecule has 9 heteroatoms. The summed E-state index contributed by atoms with van der Waals surface area (Å²) >= 11 is 5.25. The van der Waals surface area contributed by atoms with Crippen LogP contribution in [0.15, 0.2) is 63.3 Å². The fourth-order valence-corrected chi connectivity index (χ4v) is 4.79. The van der Waals surface area contributed by atoms with E-state index in [9.17, 15) is 8.42 Å². The van der Waals surface area contributed by atoms with Crippen molar-refractivity contribution in [2.75, 3.05) is 12.4 Å². The number of primary sulfonamides is 1. The minimum absolute atomic E-state index is 0.0811. The zero-order chi connectivity index (χ0) is 19.2. The molecule has 1 aromatic heterocycles. The second kappa shape index (κ2) is 6.92. The Kier molecular flexibility index (Phi) is 4.73. The number of fused-ring (bicyclic) bond motifs is 1. The molecule has 0 spiro atoms. The van der Waals surface area contributed by atoms with E-state index in [-0.39, 0.29) is 11.1 Å². The van der Waals surface area contributed by atoms with E-state index >= 15 is 0 Å². The van der Waals surface area contributed by atoms with Gasteiger partial charge in [0.1, 0.15) is 6.17 Å². The van der Waals surface area contributed by atoms with Crippen LogP contribution in [0.25, 0.3) is 15.8 Å². The molecule has 0 saturated heterocycles. The van der Waals surface area contributed by atoms with Crippen molar-refractivity contribution in [3.63, 3.8) is 0 Å². The van der Waals surface area contributed by atoms with Gasteiger partial charge in [0.15, 0.2) is 0 Å². The maximum Gasteiger partial charge on any atom is 0.238 e. The molecule has 2 heterocycles. The number of nitrogens with zero attached hydrogens (tertiary/aromatic N) is 1. The normalized spacial score (nSPS) is 17.7. The number of nitrogens with two attached hydrogens (primary N) is 1. The molecule has 6 nitrogen and oxygen atoms in total. The predicted molar refractivity (Wildman–Crippen MR) is 114 cm³/mol. The second-order valence-corrected chi connectivity index (χ2v) is 9.64. The third kappa shape index (κ3) is 3.74. The number of hydrogen-bond acceptors (Lipinski definition) is 6. The SMILES string of the molecule is CN1NC(c2csc3ccc(Br)cc23)=CC1Nc1ccc(S(N)(=O)=O)cc1. The van der Waals surface area contributed by atoms with Crippen molar-refractivity contribution in [3.05, 3.63) is 64.0 Å². The van der Waals surface area contributed by atoms with Crippen LogP contribution in [0.5, 0.6) is 0 Å². The Morgan fingerprint density at radius 1 is 1.22 bits per heavy atom. The van der Waals surface area contributed by atoms with E-state index in [0.717, 1.165) is 21.4 Å². The van der Waals surface area contributed by atoms with Crippen LogP contribution in [0, 0.1) is 0 Å². The van der Waals surface area contributed by atoms with E-state index in [0.29, 0.717) is 0 Å². The third-order valence-electron chi connectivity index (χ3n) is 4.36. The van der Waals surface area contributed by atoms with Gasteiger partial charge in [-0.15, -0.1) is 11.3 Å². The van der Waals surface area contributed by atoms with E-state index in [1.54, 1.807) is 23.5 Å². The average Bonchev–Trinajstić information content (AvgIpc) is 3.18. The minimum Gasteiger partial charge on any atom is -0.365 e. The maximum atomic E-state index is 11.4. The minimum atomic E-state index is -3.69. The summed E-state index contributed by atoms with van der Waals surface area (Å²) in [7, 11) is -1.74. The van der Waals surface area contributed by atoms with Gasteiger partial charge < -0.3 is 10.7 Å². The molecule has 2 aromatic carbocycles. The van der Waals surface area contributed by atoms with Gasteiger partial charge in [0.05, 0.1) is 10.6 Å². The number of anilines is 1. The summed E-state index contributed by atoms with van der Waals surface area (Å²) in [6.45, 7) is 0. The van der Waals surface area contributed by atoms with E-state index in [1.165, 1.54) is 22.2 Å². The van der Waals surface area contributed by atoms with Gasteiger partial charge in [-0.05, 0) is 48.5 Å². The number of hydrazine groups is 1. The number of halogens is 1. The number of hydrogen-bond donors (Lipinski definition) is 3. The Bertz CT molecular complexity index is 1140. The largest absolute Gasteiger partial charge is 0.365 e. The fraction of sp³-hybridized carbons (Fsp3) is 0.111. The first-order chi connectivity index (χ1) is 12.8. The lowest BCUT2D eigenvalue weighted by atomic mass is 10.1. The van der Waals surface area contributed by atoms with Gasteiger partial charge in [-0.2, -0.15) is 0 Å². The highest BCUT2D eigenvalue weighted by atomic mass is 79.9. The van der Waals surface area contributed by atoms with Crippen LogP contribution in [-0.4, -0.2) is 26.6 Å². The van der Waals surface area contributed by atoms with Crippen LogP contribution in [0.4, 0.5) is 5.69 Å². The molecule has 1 unspecified atom stereocenters. The van der Waals surface area contributed by atoms with Crippen molar-refractivity contribution >= 4 is 58.8 Å². The van der Waals surface area contributed by atoms with Crippen LogP contribution < -0.4 is 15.9 Å². The Balaban J connectivity index is 1.59. The van der Waals surface area contributed by atoms with Crippen LogP contribution in [0.2, 0.25) is 0 Å². The lowest BCUT2D eigenvalue weighted by molar-refractivity contribution is 0.277. The Labute approximate surface area is 169 Å². The zero-order valence-electron chi connectivity index (χ0n) is 14.3. The highest BCUT2D eigenvalue weighted by molar-refractivity contribution is 9.10. The van der Waals surface area contributed by atoms with Gasteiger partial charge in [-0.3, -0.25) is 0 Å². The monoisotopic (exact) mass is 464 g/mol. The summed E-state index contributed by atoms with van der Waals surface area (Å²) in [5.74, 6) is 0. The van der Waals surface area contributed by atoms with Crippen molar-refractivity contribution in [2.24, 2.45) is 5.14 Å². The maximum absolute atomic E-state index is 11.4. The molecule has 0 fully saturated rings. The fourth-order valence-electron chi connectivity index (χ4n) is 2.98. The van der Waals surface area contributed by atoms with E-state index in [2.05, 4.69) is 50.3 Å². The first kappa shape index (κ1) is 18.5. The van der Waals surface area contributed by atoms with E-state index in [1.807, 2.05) is 18.1 Å². The molecule has 0 bridgehead atoms. The molecule has 27 heavy (non-hydrogen) atoms. The van der Waals surface area contributed by atoms with Gasteiger partial charge in [0.2, 0.25) is 10.0 Å². The van der Waals surface area contributed by atoms with Gasteiger partial charge in [0, 0.05) is 38.2 Å². The van der Waals surface area contributed by atoms with Crippen LogP contribution in [0.1, 0.15) is 5.56 Å². The number of sulfonamides is 1. The van der Waals surface area contributed by atoms with E-state index < -0.39 is 10.0 Å². The number of nitrogens with one attached hydrogen (secondary N) is 2. The van der Waals surface area contributed by atoms with E-state index in [4.69, 9.17) is 5.14 Å².